The fourth-order valence-corrected chi connectivity index (χ4v) is 4.89. The molecule has 1 N–H and O–H groups in total. The first-order valence-electron chi connectivity index (χ1n) is 9.93. The van der Waals surface area contributed by atoms with Crippen LogP contribution in [0.5, 0.6) is 0 Å². The van der Waals surface area contributed by atoms with E-state index in [0.717, 1.165) is 32.5 Å². The van der Waals surface area contributed by atoms with E-state index in [2.05, 4.69) is 15.3 Å². The summed E-state index contributed by atoms with van der Waals surface area (Å²) < 4.78 is 17.3. The minimum absolute atomic E-state index is 0.0265. The SMILES string of the molecule is Cc1nc(NC(=O)CSc2nc3c(c(=O)n(C)c(=O)n3C)n2Cc2ccc(F)cc2)sc1C. The van der Waals surface area contributed by atoms with Gasteiger partial charge in [0, 0.05) is 19.0 Å². The van der Waals surface area contributed by atoms with Crippen LogP contribution in [0.1, 0.15) is 16.1 Å². The van der Waals surface area contributed by atoms with Crippen LogP contribution >= 0.6 is 23.1 Å². The number of nitrogens with one attached hydrogen (secondary N) is 1. The monoisotopic (exact) mass is 488 g/mol. The number of carbonyl (C=O) groups excluding carboxylic acids is 1. The maximum Gasteiger partial charge on any atom is 0.332 e. The number of benzene rings is 1. The molecule has 0 unspecified atom stereocenters. The zero-order valence-corrected chi connectivity index (χ0v) is 20.0. The van der Waals surface area contributed by atoms with Crippen LogP contribution in [-0.2, 0) is 25.4 Å². The van der Waals surface area contributed by atoms with Gasteiger partial charge in [0.15, 0.2) is 21.5 Å². The zero-order chi connectivity index (χ0) is 23.9. The van der Waals surface area contributed by atoms with Crippen LogP contribution in [-0.4, -0.2) is 35.3 Å². The van der Waals surface area contributed by atoms with Gasteiger partial charge in [-0.15, -0.1) is 11.3 Å². The Bertz CT molecular complexity index is 1460. The van der Waals surface area contributed by atoms with Gasteiger partial charge >= 0.3 is 5.69 Å². The molecule has 4 rings (SSSR count). The van der Waals surface area contributed by atoms with E-state index in [0.29, 0.717) is 10.3 Å². The van der Waals surface area contributed by atoms with Crippen LogP contribution in [0.25, 0.3) is 11.2 Å². The van der Waals surface area contributed by atoms with Gasteiger partial charge in [0.1, 0.15) is 5.82 Å². The van der Waals surface area contributed by atoms with E-state index in [4.69, 9.17) is 0 Å². The molecule has 0 radical (unpaired) electrons. The van der Waals surface area contributed by atoms with E-state index >= 15 is 0 Å². The largest absolute Gasteiger partial charge is 0.332 e. The highest BCUT2D eigenvalue weighted by atomic mass is 32.2. The number of imidazole rings is 1. The van der Waals surface area contributed by atoms with Crippen LogP contribution in [0.4, 0.5) is 9.52 Å². The van der Waals surface area contributed by atoms with Crippen molar-refractivity contribution in [3.05, 3.63) is 67.1 Å². The van der Waals surface area contributed by atoms with Gasteiger partial charge in [0.25, 0.3) is 5.56 Å². The summed E-state index contributed by atoms with van der Waals surface area (Å²) in [5, 5.41) is 3.69. The van der Waals surface area contributed by atoms with Crippen LogP contribution in [0.15, 0.2) is 39.0 Å². The minimum atomic E-state index is -0.497. The van der Waals surface area contributed by atoms with E-state index in [-0.39, 0.29) is 35.2 Å². The van der Waals surface area contributed by atoms with Crippen molar-refractivity contribution in [2.24, 2.45) is 14.1 Å². The Morgan fingerprint density at radius 2 is 1.82 bits per heavy atom. The van der Waals surface area contributed by atoms with Crippen molar-refractivity contribution < 1.29 is 9.18 Å². The van der Waals surface area contributed by atoms with Crippen molar-refractivity contribution in [3.63, 3.8) is 0 Å². The molecule has 172 valence electrons. The van der Waals surface area contributed by atoms with Crippen molar-refractivity contribution in [1.82, 2.24) is 23.7 Å². The number of carbonyl (C=O) groups is 1. The molecule has 1 amide bonds. The molecule has 4 aromatic rings. The van der Waals surface area contributed by atoms with Crippen LogP contribution in [0, 0.1) is 19.7 Å². The average molecular weight is 489 g/mol. The Labute approximate surface area is 195 Å². The molecule has 0 saturated heterocycles. The Morgan fingerprint density at radius 1 is 1.12 bits per heavy atom. The number of hydrogen-bond donors (Lipinski definition) is 1. The first kappa shape index (κ1) is 22.9. The third kappa shape index (κ3) is 4.48. The van der Waals surface area contributed by atoms with Gasteiger partial charge < -0.3 is 9.88 Å². The van der Waals surface area contributed by atoms with E-state index in [1.54, 1.807) is 16.7 Å². The topological polar surface area (TPSA) is 104 Å². The fourth-order valence-electron chi connectivity index (χ4n) is 3.27. The highest BCUT2D eigenvalue weighted by molar-refractivity contribution is 7.99. The number of anilines is 1. The van der Waals surface area contributed by atoms with Crippen molar-refractivity contribution >= 4 is 45.3 Å². The van der Waals surface area contributed by atoms with E-state index in [9.17, 15) is 18.8 Å². The van der Waals surface area contributed by atoms with Gasteiger partial charge in [0.05, 0.1) is 18.0 Å². The molecule has 33 heavy (non-hydrogen) atoms. The van der Waals surface area contributed by atoms with Gasteiger partial charge in [-0.1, -0.05) is 23.9 Å². The molecule has 0 bridgehead atoms. The number of hydrogen-bond acceptors (Lipinski definition) is 7. The zero-order valence-electron chi connectivity index (χ0n) is 18.4. The molecular weight excluding hydrogens is 467 g/mol. The van der Waals surface area contributed by atoms with Gasteiger partial charge in [-0.3, -0.25) is 18.7 Å². The van der Waals surface area contributed by atoms with E-state index in [1.165, 1.54) is 42.1 Å². The van der Waals surface area contributed by atoms with Crippen LogP contribution in [0.2, 0.25) is 0 Å². The van der Waals surface area contributed by atoms with Crippen molar-refractivity contribution in [1.29, 1.82) is 0 Å². The van der Waals surface area contributed by atoms with Gasteiger partial charge in [0.2, 0.25) is 5.91 Å². The lowest BCUT2D eigenvalue weighted by Gasteiger charge is -2.09. The molecular formula is C21H21FN6O3S2. The molecule has 0 saturated carbocycles. The third-order valence-corrected chi connectivity index (χ3v) is 7.14. The molecule has 0 aliphatic carbocycles. The Hall–Kier alpha value is -3.25. The average Bonchev–Trinajstić information content (AvgIpc) is 3.29. The number of halogens is 1. The number of fused-ring (bicyclic) bond motifs is 1. The summed E-state index contributed by atoms with van der Waals surface area (Å²) in [5.74, 6) is -0.610. The quantitative estimate of drug-likeness (QED) is 0.418. The lowest BCUT2D eigenvalue weighted by molar-refractivity contribution is -0.113. The number of rotatable bonds is 6. The summed E-state index contributed by atoms with van der Waals surface area (Å²) in [4.78, 5) is 47.6. The maximum absolute atomic E-state index is 13.4. The second-order valence-electron chi connectivity index (χ2n) is 7.48. The summed E-state index contributed by atoms with van der Waals surface area (Å²) in [5.41, 5.74) is 1.07. The molecule has 0 atom stereocenters. The molecule has 0 fully saturated rings. The smallest absolute Gasteiger partial charge is 0.309 e. The lowest BCUT2D eigenvalue weighted by atomic mass is 10.2. The van der Waals surface area contributed by atoms with Crippen LogP contribution in [0.3, 0.4) is 0 Å². The lowest BCUT2D eigenvalue weighted by Crippen LogP contribution is -2.37. The van der Waals surface area contributed by atoms with Gasteiger partial charge in [-0.25, -0.2) is 19.2 Å². The van der Waals surface area contributed by atoms with Crippen molar-refractivity contribution in [2.75, 3.05) is 11.1 Å². The predicted octanol–water partition coefficient (Wildman–Crippen LogP) is 2.43. The van der Waals surface area contributed by atoms with Gasteiger partial charge in [-0.2, -0.15) is 0 Å². The molecule has 3 aromatic heterocycles. The highest BCUT2D eigenvalue weighted by Crippen LogP contribution is 2.25. The molecule has 0 aliphatic rings. The summed E-state index contributed by atoms with van der Waals surface area (Å²) in [7, 11) is 2.94. The number of aromatic nitrogens is 5. The molecule has 3 heterocycles. The van der Waals surface area contributed by atoms with E-state index < -0.39 is 11.2 Å². The molecule has 9 nitrogen and oxygen atoms in total. The predicted molar refractivity (Wildman–Crippen MR) is 127 cm³/mol. The Balaban J connectivity index is 1.70. The second kappa shape index (κ2) is 8.94. The number of aryl methyl sites for hydroxylation is 3. The van der Waals surface area contributed by atoms with Crippen molar-refractivity contribution in [3.8, 4) is 0 Å². The maximum atomic E-state index is 13.4. The number of amides is 1. The first-order valence-corrected chi connectivity index (χ1v) is 11.7. The second-order valence-corrected chi connectivity index (χ2v) is 9.63. The summed E-state index contributed by atoms with van der Waals surface area (Å²) in [6.45, 7) is 4.03. The number of thioether (sulfide) groups is 1. The van der Waals surface area contributed by atoms with Crippen LogP contribution < -0.4 is 16.6 Å². The Kier molecular flexibility index (Phi) is 6.21. The summed E-state index contributed by atoms with van der Waals surface area (Å²) >= 11 is 2.54. The highest BCUT2D eigenvalue weighted by Gasteiger charge is 2.20. The molecule has 12 heteroatoms. The number of thiazole rings is 1. The standard InChI is InChI=1S/C21H21FN6O3S2/c1-11-12(2)33-19(23-11)24-15(29)10-32-20-25-17-16(18(30)27(4)21(31)26(17)3)28(20)9-13-5-7-14(22)8-6-13/h5-8H,9-10H2,1-4H3,(H,23,24,29). The molecule has 1 aromatic carbocycles. The van der Waals surface area contributed by atoms with Crippen molar-refractivity contribution in [2.45, 2.75) is 25.5 Å². The fraction of sp³-hybridized carbons (Fsp3) is 0.286. The number of nitrogens with zero attached hydrogens (tertiary/aromatic N) is 5. The third-order valence-electron chi connectivity index (χ3n) is 5.17. The first-order chi connectivity index (χ1) is 15.7. The normalized spacial score (nSPS) is 11.3. The van der Waals surface area contributed by atoms with E-state index in [1.807, 2.05) is 13.8 Å². The summed E-state index contributed by atoms with van der Waals surface area (Å²) in [6, 6.07) is 5.89. The summed E-state index contributed by atoms with van der Waals surface area (Å²) in [6.07, 6.45) is 0. The minimum Gasteiger partial charge on any atom is -0.309 e. The molecule has 0 aliphatic heterocycles. The molecule has 0 spiro atoms. The Morgan fingerprint density at radius 3 is 2.45 bits per heavy atom. The van der Waals surface area contributed by atoms with Gasteiger partial charge in [-0.05, 0) is 31.5 Å².